The van der Waals surface area contributed by atoms with Crippen molar-refractivity contribution >= 4 is 11.6 Å². The van der Waals surface area contributed by atoms with Gasteiger partial charge in [0.1, 0.15) is 11.4 Å². The third-order valence-corrected chi connectivity index (χ3v) is 5.83. The molecule has 6 nitrogen and oxygen atoms in total. The Bertz CT molecular complexity index is 1050. The average Bonchev–Trinajstić information content (AvgIpc) is 3.62. The Morgan fingerprint density at radius 1 is 1.21 bits per heavy atom. The number of ether oxygens (including phenoxy) is 2. The molecule has 0 aliphatic heterocycles. The first-order valence-corrected chi connectivity index (χ1v) is 11.6. The third kappa shape index (κ3) is 6.24. The molecule has 0 saturated heterocycles. The lowest BCUT2D eigenvalue weighted by Crippen LogP contribution is -2.36. The quantitative estimate of drug-likeness (QED) is 0.298. The lowest BCUT2D eigenvalue weighted by molar-refractivity contribution is 0.0227. The number of hydrogen-bond donors (Lipinski definition) is 1. The largest absolute Gasteiger partial charge is 0.439 e. The standard InChI is InChI=1S/C26H30ClN3O3/c1-3-15-32-18-22(31)16-30(21-11-12-21)17-24-25(19-7-5-4-6-8-19)28-29(2)26(24)33-23-13-9-20(27)10-14-23/h3-10,13-14,21-22,31H,1,11-12,15-18H2,2H3/t22-/m0/s1. The minimum Gasteiger partial charge on any atom is -0.439 e. The number of aromatic nitrogens is 2. The first-order chi connectivity index (χ1) is 16.0. The minimum absolute atomic E-state index is 0.280. The van der Waals surface area contributed by atoms with Crippen LogP contribution in [0.25, 0.3) is 11.3 Å². The number of benzene rings is 2. The van der Waals surface area contributed by atoms with E-state index in [9.17, 15) is 5.11 Å². The molecule has 1 atom stereocenters. The maximum Gasteiger partial charge on any atom is 0.222 e. The Labute approximate surface area is 200 Å². The molecule has 0 spiro atoms. The zero-order valence-corrected chi connectivity index (χ0v) is 19.6. The van der Waals surface area contributed by atoms with E-state index >= 15 is 0 Å². The topological polar surface area (TPSA) is 59.8 Å². The van der Waals surface area contributed by atoms with Gasteiger partial charge in [-0.05, 0) is 37.1 Å². The first kappa shape index (κ1) is 23.5. The summed E-state index contributed by atoms with van der Waals surface area (Å²) in [5.74, 6) is 1.37. The van der Waals surface area contributed by atoms with Gasteiger partial charge in [-0.25, -0.2) is 4.68 Å². The summed E-state index contributed by atoms with van der Waals surface area (Å²) in [7, 11) is 1.89. The summed E-state index contributed by atoms with van der Waals surface area (Å²) in [6.07, 6.45) is 3.35. The van der Waals surface area contributed by atoms with Crippen molar-refractivity contribution in [3.63, 3.8) is 0 Å². The summed E-state index contributed by atoms with van der Waals surface area (Å²) in [6.45, 7) is 5.50. The number of halogens is 1. The number of rotatable bonds is 12. The summed E-state index contributed by atoms with van der Waals surface area (Å²) >= 11 is 6.05. The predicted octanol–water partition coefficient (Wildman–Crippen LogP) is 5.06. The molecule has 1 aliphatic carbocycles. The molecule has 0 radical (unpaired) electrons. The highest BCUT2D eigenvalue weighted by Crippen LogP contribution is 2.37. The first-order valence-electron chi connectivity index (χ1n) is 11.2. The summed E-state index contributed by atoms with van der Waals surface area (Å²) in [5.41, 5.74) is 2.90. The zero-order chi connectivity index (χ0) is 23.2. The fourth-order valence-corrected chi connectivity index (χ4v) is 3.99. The van der Waals surface area contributed by atoms with Crippen LogP contribution in [0.3, 0.4) is 0 Å². The molecule has 1 N–H and O–H groups in total. The van der Waals surface area contributed by atoms with E-state index in [0.717, 1.165) is 29.7 Å². The van der Waals surface area contributed by atoms with Crippen molar-refractivity contribution in [2.75, 3.05) is 19.8 Å². The molecule has 4 rings (SSSR count). The molecule has 1 heterocycles. The Balaban J connectivity index is 1.63. The van der Waals surface area contributed by atoms with E-state index in [2.05, 4.69) is 23.6 Å². The van der Waals surface area contributed by atoms with Gasteiger partial charge >= 0.3 is 0 Å². The molecule has 174 valence electrons. The highest BCUT2D eigenvalue weighted by Gasteiger charge is 2.33. The van der Waals surface area contributed by atoms with Crippen molar-refractivity contribution < 1.29 is 14.6 Å². The molecule has 3 aromatic rings. The summed E-state index contributed by atoms with van der Waals surface area (Å²) < 4.78 is 13.5. The molecule has 0 bridgehead atoms. The van der Waals surface area contributed by atoms with E-state index < -0.39 is 6.10 Å². The van der Waals surface area contributed by atoms with Crippen LogP contribution in [-0.2, 0) is 18.3 Å². The fourth-order valence-electron chi connectivity index (χ4n) is 3.86. The molecule has 1 aromatic heterocycles. The number of aliphatic hydroxyl groups excluding tert-OH is 1. The highest BCUT2D eigenvalue weighted by molar-refractivity contribution is 6.30. The molecule has 7 heteroatoms. The maximum atomic E-state index is 10.6. The Kier molecular flexibility index (Phi) is 7.83. The van der Waals surface area contributed by atoms with Crippen molar-refractivity contribution in [2.24, 2.45) is 7.05 Å². The van der Waals surface area contributed by atoms with E-state index in [4.69, 9.17) is 26.2 Å². The number of aryl methyl sites for hydroxylation is 1. The van der Waals surface area contributed by atoms with Gasteiger partial charge in [0.05, 0.1) is 24.9 Å². The zero-order valence-electron chi connectivity index (χ0n) is 18.9. The van der Waals surface area contributed by atoms with Crippen LogP contribution in [0.1, 0.15) is 18.4 Å². The van der Waals surface area contributed by atoms with E-state index in [1.165, 1.54) is 0 Å². The predicted molar refractivity (Wildman–Crippen MR) is 131 cm³/mol. The Morgan fingerprint density at radius 2 is 1.94 bits per heavy atom. The van der Waals surface area contributed by atoms with Gasteiger partial charge in [0, 0.05) is 36.8 Å². The fraction of sp³-hybridized carbons (Fsp3) is 0.346. The second-order valence-electron chi connectivity index (χ2n) is 8.32. The van der Waals surface area contributed by atoms with Gasteiger partial charge in [0.25, 0.3) is 0 Å². The highest BCUT2D eigenvalue weighted by atomic mass is 35.5. The molecule has 33 heavy (non-hydrogen) atoms. The van der Waals surface area contributed by atoms with Gasteiger partial charge in [0.2, 0.25) is 5.88 Å². The maximum absolute atomic E-state index is 10.6. The van der Waals surface area contributed by atoms with Crippen molar-refractivity contribution in [2.45, 2.75) is 31.5 Å². The van der Waals surface area contributed by atoms with E-state index in [1.54, 1.807) is 22.9 Å². The SMILES string of the molecule is C=CCOC[C@@H](O)CN(Cc1c(-c2ccccc2)nn(C)c1Oc1ccc(Cl)cc1)C1CC1. The molecule has 1 aliphatic rings. The summed E-state index contributed by atoms with van der Waals surface area (Å²) in [5, 5.41) is 16.0. The number of nitrogens with zero attached hydrogens (tertiary/aromatic N) is 3. The minimum atomic E-state index is -0.581. The van der Waals surface area contributed by atoms with Crippen LogP contribution in [0.4, 0.5) is 0 Å². The van der Waals surface area contributed by atoms with E-state index in [0.29, 0.717) is 42.4 Å². The van der Waals surface area contributed by atoms with Crippen LogP contribution >= 0.6 is 11.6 Å². The van der Waals surface area contributed by atoms with Crippen LogP contribution in [0.15, 0.2) is 67.3 Å². The lowest BCUT2D eigenvalue weighted by Gasteiger charge is -2.25. The van der Waals surface area contributed by atoms with Gasteiger partial charge in [-0.15, -0.1) is 6.58 Å². The van der Waals surface area contributed by atoms with Crippen LogP contribution in [0.5, 0.6) is 11.6 Å². The van der Waals surface area contributed by atoms with Crippen LogP contribution in [0, 0.1) is 0 Å². The molecule has 0 amide bonds. The number of hydrogen-bond acceptors (Lipinski definition) is 5. The smallest absolute Gasteiger partial charge is 0.222 e. The van der Waals surface area contributed by atoms with Gasteiger partial charge in [-0.3, -0.25) is 4.90 Å². The number of aliphatic hydroxyl groups is 1. The van der Waals surface area contributed by atoms with Crippen molar-refractivity contribution in [1.82, 2.24) is 14.7 Å². The Hall–Kier alpha value is -2.64. The van der Waals surface area contributed by atoms with E-state index in [1.807, 2.05) is 37.4 Å². The second kappa shape index (κ2) is 11.0. The van der Waals surface area contributed by atoms with Crippen LogP contribution in [0.2, 0.25) is 5.02 Å². The van der Waals surface area contributed by atoms with Gasteiger partial charge < -0.3 is 14.6 Å². The molecule has 0 unspecified atom stereocenters. The monoisotopic (exact) mass is 467 g/mol. The lowest BCUT2D eigenvalue weighted by atomic mass is 10.1. The van der Waals surface area contributed by atoms with Gasteiger partial charge in [-0.1, -0.05) is 48.0 Å². The molecule has 1 saturated carbocycles. The molecular formula is C26H30ClN3O3. The van der Waals surface area contributed by atoms with Gasteiger partial charge in [-0.2, -0.15) is 5.10 Å². The second-order valence-corrected chi connectivity index (χ2v) is 8.75. The summed E-state index contributed by atoms with van der Waals surface area (Å²) in [6, 6.07) is 17.9. The third-order valence-electron chi connectivity index (χ3n) is 5.58. The molecular weight excluding hydrogens is 438 g/mol. The van der Waals surface area contributed by atoms with Crippen molar-refractivity contribution in [3.05, 3.63) is 77.8 Å². The van der Waals surface area contributed by atoms with E-state index in [-0.39, 0.29) is 6.61 Å². The average molecular weight is 468 g/mol. The molecule has 2 aromatic carbocycles. The summed E-state index contributed by atoms with van der Waals surface area (Å²) in [4.78, 5) is 2.31. The molecule has 1 fully saturated rings. The Morgan fingerprint density at radius 3 is 2.61 bits per heavy atom. The normalized spacial score (nSPS) is 14.4. The van der Waals surface area contributed by atoms with Crippen molar-refractivity contribution in [3.8, 4) is 22.9 Å². The van der Waals surface area contributed by atoms with Crippen molar-refractivity contribution in [1.29, 1.82) is 0 Å². The van der Waals surface area contributed by atoms with Crippen LogP contribution < -0.4 is 4.74 Å². The van der Waals surface area contributed by atoms with Gasteiger partial charge in [0.15, 0.2) is 0 Å². The van der Waals surface area contributed by atoms with Crippen LogP contribution in [-0.4, -0.2) is 51.7 Å².